The van der Waals surface area contributed by atoms with Crippen LogP contribution < -0.4 is 10.6 Å². The van der Waals surface area contributed by atoms with E-state index in [0.717, 1.165) is 20.2 Å². The van der Waals surface area contributed by atoms with Crippen LogP contribution in [0.4, 0.5) is 11.4 Å². The van der Waals surface area contributed by atoms with Crippen molar-refractivity contribution < 1.29 is 24.6 Å². The van der Waals surface area contributed by atoms with Gasteiger partial charge in [-0.15, -0.1) is 11.3 Å². The zero-order chi connectivity index (χ0) is 25.2. The van der Waals surface area contributed by atoms with E-state index in [4.69, 9.17) is 10.2 Å². The van der Waals surface area contributed by atoms with Gasteiger partial charge in [0.2, 0.25) is 5.78 Å². The molecule has 4 N–H and O–H groups in total. The number of Topliss-reactive ketones (excluding diaryl/α,β-unsaturated/α-hetero) is 1. The highest BCUT2D eigenvalue weighted by Gasteiger charge is 2.21. The number of anilines is 2. The number of benzene rings is 4. The Hall–Kier alpha value is -4.69. The Balaban J connectivity index is 1.49. The first kappa shape index (κ1) is 23.1. The average Bonchev–Trinajstić information content (AvgIpc) is 3.26. The van der Waals surface area contributed by atoms with Crippen molar-refractivity contribution in [3.63, 3.8) is 0 Å². The number of carbonyl (C=O) groups is 3. The summed E-state index contributed by atoms with van der Waals surface area (Å²) in [6.45, 7) is 0. The first-order valence-corrected chi connectivity index (χ1v) is 11.9. The van der Waals surface area contributed by atoms with Crippen LogP contribution in [0.3, 0.4) is 0 Å². The van der Waals surface area contributed by atoms with Gasteiger partial charge in [0.05, 0.1) is 11.1 Å². The average molecular weight is 497 g/mol. The predicted molar refractivity (Wildman–Crippen MR) is 141 cm³/mol. The fraction of sp³-hybridized carbons (Fsp3) is 0.0357. The van der Waals surface area contributed by atoms with Crippen LogP contribution in [-0.2, 0) is 0 Å². The summed E-state index contributed by atoms with van der Waals surface area (Å²) in [5.74, 6) is -2.30. The molecule has 36 heavy (non-hydrogen) atoms. The maximum Gasteiger partial charge on any atom is 0.335 e. The van der Waals surface area contributed by atoms with Crippen LogP contribution in [0.2, 0.25) is 0 Å². The number of hydrogen-bond acceptors (Lipinski definition) is 6. The van der Waals surface area contributed by atoms with E-state index in [0.29, 0.717) is 16.9 Å². The molecular weight excluding hydrogens is 476 g/mol. The van der Waals surface area contributed by atoms with E-state index in [-0.39, 0.29) is 16.9 Å². The van der Waals surface area contributed by atoms with Crippen molar-refractivity contribution in [1.82, 2.24) is 0 Å². The highest BCUT2D eigenvalue weighted by atomic mass is 32.1. The minimum Gasteiger partial charge on any atom is -0.478 e. The van der Waals surface area contributed by atoms with E-state index >= 15 is 0 Å². The molecule has 0 saturated carbocycles. The quantitative estimate of drug-likeness (QED) is 0.150. The maximum absolute atomic E-state index is 13.7. The summed E-state index contributed by atoms with van der Waals surface area (Å²) >= 11 is 1.66. The van der Waals surface area contributed by atoms with Crippen molar-refractivity contribution in [2.75, 3.05) is 10.6 Å². The molecule has 0 aliphatic heterocycles. The number of carboxylic acid groups (broad SMARTS) is 2. The van der Waals surface area contributed by atoms with Crippen molar-refractivity contribution in [2.45, 2.75) is 6.17 Å². The molecule has 1 aromatic heterocycles. The number of rotatable bonds is 8. The molecule has 178 valence electrons. The van der Waals surface area contributed by atoms with E-state index in [1.807, 2.05) is 30.3 Å². The molecule has 0 atom stereocenters. The Morgan fingerprint density at radius 1 is 0.611 bits per heavy atom. The third-order valence-electron chi connectivity index (χ3n) is 5.81. The van der Waals surface area contributed by atoms with Gasteiger partial charge in [0.25, 0.3) is 0 Å². The molecule has 0 amide bonds. The van der Waals surface area contributed by atoms with Gasteiger partial charge in [-0.05, 0) is 72.8 Å². The molecule has 5 aromatic rings. The van der Waals surface area contributed by atoms with Gasteiger partial charge in [-0.25, -0.2) is 9.59 Å². The Bertz CT molecular complexity index is 1550. The highest BCUT2D eigenvalue weighted by molar-refractivity contribution is 7.25. The third-order valence-corrected chi connectivity index (χ3v) is 6.96. The summed E-state index contributed by atoms with van der Waals surface area (Å²) in [5.41, 5.74) is 1.87. The molecule has 0 aliphatic carbocycles. The van der Waals surface area contributed by atoms with Crippen molar-refractivity contribution in [3.8, 4) is 0 Å². The molecular formula is C28H20N2O5S. The topological polar surface area (TPSA) is 116 Å². The van der Waals surface area contributed by atoms with Gasteiger partial charge in [0, 0.05) is 37.1 Å². The summed E-state index contributed by atoms with van der Waals surface area (Å²) in [7, 11) is 0. The van der Waals surface area contributed by atoms with Gasteiger partial charge in [-0.3, -0.25) is 4.79 Å². The number of ketones is 1. The van der Waals surface area contributed by atoms with Crippen molar-refractivity contribution >= 4 is 60.6 Å². The molecule has 5 rings (SSSR count). The van der Waals surface area contributed by atoms with Crippen molar-refractivity contribution in [2.24, 2.45) is 0 Å². The number of thiophene rings is 1. The van der Waals surface area contributed by atoms with Gasteiger partial charge >= 0.3 is 11.9 Å². The van der Waals surface area contributed by atoms with Crippen LogP contribution in [0.25, 0.3) is 20.2 Å². The van der Waals surface area contributed by atoms with Gasteiger partial charge in [-0.1, -0.05) is 18.2 Å². The predicted octanol–water partition coefficient (Wildman–Crippen LogP) is 6.18. The van der Waals surface area contributed by atoms with Crippen LogP contribution >= 0.6 is 11.3 Å². The Labute approximate surface area is 209 Å². The molecule has 4 aromatic carbocycles. The lowest BCUT2D eigenvalue weighted by Gasteiger charge is -2.22. The van der Waals surface area contributed by atoms with Gasteiger partial charge in [0.15, 0.2) is 6.17 Å². The van der Waals surface area contributed by atoms with E-state index in [1.165, 1.54) is 24.3 Å². The first-order valence-electron chi connectivity index (χ1n) is 11.0. The Morgan fingerprint density at radius 3 is 1.67 bits per heavy atom. The molecule has 1 heterocycles. The molecule has 0 unspecified atom stereocenters. The summed E-state index contributed by atoms with van der Waals surface area (Å²) in [5, 5.41) is 26.7. The largest absolute Gasteiger partial charge is 0.478 e. The zero-order valence-electron chi connectivity index (χ0n) is 18.8. The lowest BCUT2D eigenvalue weighted by molar-refractivity contribution is 0.0686. The minimum absolute atomic E-state index is 0.135. The van der Waals surface area contributed by atoms with Gasteiger partial charge in [0.1, 0.15) is 0 Å². The van der Waals surface area contributed by atoms with Crippen molar-refractivity contribution in [3.05, 3.63) is 108 Å². The summed E-state index contributed by atoms with van der Waals surface area (Å²) in [6.07, 6.45) is -0.904. The molecule has 8 heteroatoms. The second-order valence-electron chi connectivity index (χ2n) is 8.16. The second-order valence-corrected chi connectivity index (χ2v) is 9.24. The lowest BCUT2D eigenvalue weighted by atomic mass is 10.0. The number of carbonyl (C=O) groups excluding carboxylic acids is 1. The highest BCUT2D eigenvalue weighted by Crippen LogP contribution is 2.34. The van der Waals surface area contributed by atoms with E-state index in [1.54, 1.807) is 41.7 Å². The molecule has 7 nitrogen and oxygen atoms in total. The number of fused-ring (bicyclic) bond motifs is 3. The summed E-state index contributed by atoms with van der Waals surface area (Å²) in [4.78, 5) is 36.1. The number of hydrogen-bond donors (Lipinski definition) is 4. The SMILES string of the molecule is O=C(O)c1ccc(NC(Nc2ccc(C(=O)O)cc2)C(=O)c2ccc3sc4ccccc4c3c2)cc1. The summed E-state index contributed by atoms with van der Waals surface area (Å²) in [6, 6.07) is 25.8. The molecule has 0 spiro atoms. The van der Waals surface area contributed by atoms with Gasteiger partial charge in [-0.2, -0.15) is 0 Å². The zero-order valence-corrected chi connectivity index (χ0v) is 19.6. The number of nitrogens with one attached hydrogen (secondary N) is 2. The van der Waals surface area contributed by atoms with Crippen LogP contribution in [0.15, 0.2) is 91.0 Å². The molecule has 0 fully saturated rings. The molecule has 0 aliphatic rings. The fourth-order valence-corrected chi connectivity index (χ4v) is 5.05. The van der Waals surface area contributed by atoms with Gasteiger partial charge < -0.3 is 20.8 Å². The van der Waals surface area contributed by atoms with E-state index in [9.17, 15) is 14.4 Å². The van der Waals surface area contributed by atoms with E-state index in [2.05, 4.69) is 16.7 Å². The summed E-state index contributed by atoms with van der Waals surface area (Å²) < 4.78 is 2.22. The van der Waals surface area contributed by atoms with Crippen LogP contribution in [0.1, 0.15) is 31.1 Å². The maximum atomic E-state index is 13.7. The standard InChI is InChI=1S/C28H20N2O5S/c31-25(18-9-14-24-22(15-18)21-3-1-2-4-23(21)36-24)26(29-19-10-5-16(6-11-19)27(32)33)30-20-12-7-17(8-13-20)28(34)35/h1-15,26,29-30H,(H,32,33)(H,34,35). The Morgan fingerprint density at radius 2 is 1.11 bits per heavy atom. The Kier molecular flexibility index (Phi) is 6.10. The normalized spacial score (nSPS) is 11.0. The van der Waals surface area contributed by atoms with Crippen LogP contribution in [-0.4, -0.2) is 34.1 Å². The fourth-order valence-electron chi connectivity index (χ4n) is 3.96. The minimum atomic E-state index is -1.04. The van der Waals surface area contributed by atoms with Crippen LogP contribution in [0.5, 0.6) is 0 Å². The van der Waals surface area contributed by atoms with Crippen LogP contribution in [0, 0.1) is 0 Å². The number of aromatic carboxylic acids is 2. The third kappa shape index (κ3) is 4.62. The number of carboxylic acids is 2. The van der Waals surface area contributed by atoms with E-state index < -0.39 is 18.1 Å². The van der Waals surface area contributed by atoms with Crippen molar-refractivity contribution in [1.29, 1.82) is 0 Å². The molecule has 0 radical (unpaired) electrons. The lowest BCUT2D eigenvalue weighted by Crippen LogP contribution is -2.37. The molecule has 0 saturated heterocycles. The monoisotopic (exact) mass is 496 g/mol. The molecule has 0 bridgehead atoms. The smallest absolute Gasteiger partial charge is 0.335 e. The second kappa shape index (κ2) is 9.52. The first-order chi connectivity index (χ1) is 17.4.